The van der Waals surface area contributed by atoms with E-state index in [9.17, 15) is 13.2 Å². The number of nitrogens with zero attached hydrogens (tertiary/aromatic N) is 1. The lowest BCUT2D eigenvalue weighted by Crippen LogP contribution is -2.04. The van der Waals surface area contributed by atoms with E-state index in [1.807, 2.05) is 17.0 Å². The van der Waals surface area contributed by atoms with Gasteiger partial charge in [0, 0.05) is 16.3 Å². The summed E-state index contributed by atoms with van der Waals surface area (Å²) in [6, 6.07) is 3.57. The first-order valence-corrected chi connectivity index (χ1v) is 7.83. The van der Waals surface area contributed by atoms with Gasteiger partial charge in [0.2, 0.25) is 0 Å². The van der Waals surface area contributed by atoms with Gasteiger partial charge in [-0.25, -0.2) is 4.99 Å². The molecule has 1 aromatic carbocycles. The molecule has 7 heteroatoms. The van der Waals surface area contributed by atoms with Crippen LogP contribution in [-0.2, 0) is 6.18 Å². The first-order chi connectivity index (χ1) is 9.49. The Balaban J connectivity index is 2.16. The Morgan fingerprint density at radius 1 is 1.20 bits per heavy atom. The molecular weight excluding hydrogens is 305 g/mol. The molecule has 1 N–H and O–H groups in total. The summed E-state index contributed by atoms with van der Waals surface area (Å²) >= 11 is 2.95. The molecule has 2 nitrogen and oxygen atoms in total. The maximum Gasteiger partial charge on any atom is 0.416 e. The van der Waals surface area contributed by atoms with Crippen LogP contribution in [0, 0.1) is 0 Å². The first-order valence-electron chi connectivity index (χ1n) is 5.66. The van der Waals surface area contributed by atoms with Gasteiger partial charge in [-0.2, -0.15) is 13.2 Å². The van der Waals surface area contributed by atoms with Crippen molar-refractivity contribution >= 4 is 45.2 Å². The van der Waals surface area contributed by atoms with Crippen molar-refractivity contribution in [1.29, 1.82) is 0 Å². The van der Waals surface area contributed by atoms with Crippen molar-refractivity contribution in [3.63, 3.8) is 0 Å². The number of thiophene rings is 1. The molecule has 1 aromatic heterocycles. The van der Waals surface area contributed by atoms with Crippen LogP contribution in [0.4, 0.5) is 30.2 Å². The molecule has 0 bridgehead atoms. The smallest absolute Gasteiger partial charge is 0.353 e. The molecule has 20 heavy (non-hydrogen) atoms. The molecule has 0 amide bonds. The lowest BCUT2D eigenvalue weighted by atomic mass is 10.1. The molecule has 0 fully saturated rings. The van der Waals surface area contributed by atoms with Crippen LogP contribution in [0.1, 0.15) is 11.1 Å². The third-order valence-electron chi connectivity index (χ3n) is 2.90. The summed E-state index contributed by atoms with van der Waals surface area (Å²) in [5, 5.41) is 7.72. The van der Waals surface area contributed by atoms with Crippen LogP contribution >= 0.6 is 23.1 Å². The van der Waals surface area contributed by atoms with Crippen molar-refractivity contribution in [3.05, 3.63) is 40.1 Å². The van der Waals surface area contributed by atoms with Crippen LogP contribution in [0.2, 0.25) is 0 Å². The predicted octanol–water partition coefficient (Wildman–Crippen LogP) is 5.27. The molecule has 0 spiro atoms. The number of anilines is 2. The number of benzene rings is 1. The van der Waals surface area contributed by atoms with Gasteiger partial charge in [-0.3, -0.25) is 0 Å². The average molecular weight is 314 g/mol. The summed E-state index contributed by atoms with van der Waals surface area (Å²) in [5.74, 6) is 0. The van der Waals surface area contributed by atoms with Crippen LogP contribution in [0.15, 0.2) is 34.0 Å². The normalized spacial score (nSPS) is 13.9. The topological polar surface area (TPSA) is 24.4 Å². The number of fused-ring (bicyclic) bond motifs is 2. The maximum atomic E-state index is 12.8. The number of thioether (sulfide) groups is 1. The summed E-state index contributed by atoms with van der Waals surface area (Å²) in [4.78, 5) is 4.37. The number of hydrogen-bond acceptors (Lipinski definition) is 4. The van der Waals surface area contributed by atoms with E-state index in [-0.39, 0.29) is 0 Å². The van der Waals surface area contributed by atoms with Crippen molar-refractivity contribution < 1.29 is 13.2 Å². The van der Waals surface area contributed by atoms with E-state index in [0.29, 0.717) is 16.4 Å². The Labute approximate surface area is 121 Å². The third kappa shape index (κ3) is 2.31. The Bertz CT molecular complexity index is 689. The molecule has 0 saturated carbocycles. The van der Waals surface area contributed by atoms with Gasteiger partial charge >= 0.3 is 6.18 Å². The Hall–Kier alpha value is -1.47. The Kier molecular flexibility index (Phi) is 3.25. The van der Waals surface area contributed by atoms with E-state index < -0.39 is 11.7 Å². The zero-order valence-corrected chi connectivity index (χ0v) is 11.9. The van der Waals surface area contributed by atoms with Gasteiger partial charge in [0.15, 0.2) is 0 Å². The lowest BCUT2D eigenvalue weighted by molar-refractivity contribution is -0.137. The van der Waals surface area contributed by atoms with E-state index in [4.69, 9.17) is 0 Å². The molecule has 2 heterocycles. The number of hydrogen-bond donors (Lipinski definition) is 1. The van der Waals surface area contributed by atoms with Crippen LogP contribution < -0.4 is 5.32 Å². The van der Waals surface area contributed by atoms with Gasteiger partial charge in [-0.15, -0.1) is 23.1 Å². The van der Waals surface area contributed by atoms with Crippen LogP contribution in [-0.4, -0.2) is 11.3 Å². The minimum Gasteiger partial charge on any atom is -0.353 e. The van der Waals surface area contributed by atoms with Crippen molar-refractivity contribution in [3.8, 4) is 0 Å². The second-order valence-corrected chi connectivity index (χ2v) is 5.71. The summed E-state index contributed by atoms with van der Waals surface area (Å²) < 4.78 is 38.3. The molecule has 0 unspecified atom stereocenters. The number of rotatable bonds is 0. The van der Waals surface area contributed by atoms with Crippen molar-refractivity contribution in [1.82, 2.24) is 0 Å². The van der Waals surface area contributed by atoms with Crippen molar-refractivity contribution in [2.45, 2.75) is 6.18 Å². The zero-order valence-electron chi connectivity index (χ0n) is 10.3. The first kappa shape index (κ1) is 13.5. The van der Waals surface area contributed by atoms with E-state index in [1.54, 1.807) is 0 Å². The van der Waals surface area contributed by atoms with E-state index in [1.165, 1.54) is 29.2 Å². The molecular formula is C13H9F3N2S2. The van der Waals surface area contributed by atoms with Crippen LogP contribution in [0.3, 0.4) is 0 Å². The minimum atomic E-state index is -4.36. The fourth-order valence-electron chi connectivity index (χ4n) is 1.94. The van der Waals surface area contributed by atoms with Crippen LogP contribution in [0.25, 0.3) is 0 Å². The van der Waals surface area contributed by atoms with E-state index >= 15 is 0 Å². The second-order valence-electron chi connectivity index (χ2n) is 4.17. The largest absolute Gasteiger partial charge is 0.416 e. The predicted molar refractivity (Wildman–Crippen MR) is 78.8 cm³/mol. The molecule has 2 aromatic rings. The molecule has 3 rings (SSSR count). The highest BCUT2D eigenvalue weighted by Crippen LogP contribution is 2.40. The van der Waals surface area contributed by atoms with E-state index in [0.717, 1.165) is 23.4 Å². The SMILES string of the molecule is CSC1=Nc2cc(C(F)(F)F)ccc2Nc2cscc21. The highest BCUT2D eigenvalue weighted by atomic mass is 32.2. The number of aliphatic imine (C=N–C) groups is 1. The summed E-state index contributed by atoms with van der Waals surface area (Å²) in [6.45, 7) is 0. The third-order valence-corrected chi connectivity index (χ3v) is 4.34. The fourth-order valence-corrected chi connectivity index (χ4v) is 3.35. The molecule has 0 atom stereocenters. The van der Waals surface area contributed by atoms with Gasteiger partial charge in [-0.05, 0) is 24.5 Å². The standard InChI is InChI=1S/C13H9F3N2S2/c1-19-12-8-5-20-6-11(8)17-9-3-2-7(13(14,15)16)4-10(9)18-12/h2-6,17H,1H3. The summed E-state index contributed by atoms with van der Waals surface area (Å²) in [7, 11) is 0. The quantitative estimate of drug-likeness (QED) is 0.717. The van der Waals surface area contributed by atoms with Gasteiger partial charge < -0.3 is 5.32 Å². The maximum absolute atomic E-state index is 12.8. The Morgan fingerprint density at radius 3 is 2.70 bits per heavy atom. The highest BCUT2D eigenvalue weighted by molar-refractivity contribution is 8.13. The van der Waals surface area contributed by atoms with Gasteiger partial charge in [0.25, 0.3) is 0 Å². The molecule has 1 aliphatic heterocycles. The van der Waals surface area contributed by atoms with Crippen molar-refractivity contribution in [2.24, 2.45) is 4.99 Å². The molecule has 0 aliphatic carbocycles. The molecule has 104 valence electrons. The summed E-state index contributed by atoms with van der Waals surface area (Å²) in [5.41, 5.74) is 2.01. The molecule has 1 aliphatic rings. The van der Waals surface area contributed by atoms with Gasteiger partial charge in [0.1, 0.15) is 5.04 Å². The summed E-state index contributed by atoms with van der Waals surface area (Å²) in [6.07, 6.45) is -2.50. The fraction of sp³-hybridized carbons (Fsp3) is 0.154. The minimum absolute atomic E-state index is 0.311. The second kappa shape index (κ2) is 4.82. The monoisotopic (exact) mass is 314 g/mol. The number of nitrogens with one attached hydrogen (secondary N) is 1. The van der Waals surface area contributed by atoms with E-state index in [2.05, 4.69) is 10.3 Å². The highest BCUT2D eigenvalue weighted by Gasteiger charge is 2.31. The molecule has 0 radical (unpaired) electrons. The lowest BCUT2D eigenvalue weighted by Gasteiger charge is -2.10. The van der Waals surface area contributed by atoms with Gasteiger partial charge in [-0.1, -0.05) is 0 Å². The molecule has 0 saturated heterocycles. The van der Waals surface area contributed by atoms with Crippen molar-refractivity contribution in [2.75, 3.05) is 11.6 Å². The zero-order chi connectivity index (χ0) is 14.3. The number of alkyl halides is 3. The number of halogens is 3. The van der Waals surface area contributed by atoms with Gasteiger partial charge in [0.05, 0.1) is 22.6 Å². The Morgan fingerprint density at radius 2 is 2.00 bits per heavy atom. The average Bonchev–Trinajstić information content (AvgIpc) is 2.78. The van der Waals surface area contributed by atoms with Crippen LogP contribution in [0.5, 0.6) is 0 Å².